The van der Waals surface area contributed by atoms with Gasteiger partial charge in [0.15, 0.2) is 5.16 Å². The SMILES string of the molecule is O=C(c1cccc(CSc2nnc(Cc3cccs3)n2C2CCCCC2)c1)N1CCCCC1. The zero-order chi connectivity index (χ0) is 22.5. The normalized spacial score (nSPS) is 17.4. The molecule has 1 saturated heterocycles. The lowest BCUT2D eigenvalue weighted by Gasteiger charge is -2.27. The Morgan fingerprint density at radius 3 is 2.61 bits per heavy atom. The van der Waals surface area contributed by atoms with Gasteiger partial charge in [0.1, 0.15) is 5.82 Å². The van der Waals surface area contributed by atoms with Crippen LogP contribution in [0, 0.1) is 0 Å². The predicted octanol–water partition coefficient (Wildman–Crippen LogP) is 6.35. The number of hydrogen-bond acceptors (Lipinski definition) is 5. The number of rotatable bonds is 7. The van der Waals surface area contributed by atoms with Crippen LogP contribution in [0.15, 0.2) is 46.9 Å². The molecule has 0 radical (unpaired) electrons. The molecular formula is C26H32N4OS2. The van der Waals surface area contributed by atoms with Crippen molar-refractivity contribution in [2.75, 3.05) is 13.1 Å². The molecule has 0 atom stereocenters. The number of carbonyl (C=O) groups is 1. The first-order valence-corrected chi connectivity index (χ1v) is 14.1. The summed E-state index contributed by atoms with van der Waals surface area (Å²) in [6, 6.07) is 12.9. The van der Waals surface area contributed by atoms with Crippen molar-refractivity contribution in [2.45, 2.75) is 74.7 Å². The van der Waals surface area contributed by atoms with E-state index in [1.807, 2.05) is 17.0 Å². The maximum Gasteiger partial charge on any atom is 0.253 e. The van der Waals surface area contributed by atoms with Gasteiger partial charge < -0.3 is 9.47 Å². The first-order chi connectivity index (χ1) is 16.3. The number of benzene rings is 1. The van der Waals surface area contributed by atoms with Gasteiger partial charge in [0, 0.05) is 41.7 Å². The van der Waals surface area contributed by atoms with E-state index in [9.17, 15) is 4.79 Å². The number of aromatic nitrogens is 3. The fourth-order valence-electron chi connectivity index (χ4n) is 5.02. The van der Waals surface area contributed by atoms with E-state index in [4.69, 9.17) is 0 Å². The molecule has 1 aliphatic carbocycles. The molecule has 7 heteroatoms. The summed E-state index contributed by atoms with van der Waals surface area (Å²) in [7, 11) is 0. The highest BCUT2D eigenvalue weighted by Gasteiger charge is 2.24. The second kappa shape index (κ2) is 10.9. The Morgan fingerprint density at radius 2 is 1.82 bits per heavy atom. The van der Waals surface area contributed by atoms with Crippen LogP contribution in [-0.4, -0.2) is 38.7 Å². The highest BCUT2D eigenvalue weighted by atomic mass is 32.2. The number of thiophene rings is 1. The minimum atomic E-state index is 0.171. The standard InChI is InChI=1S/C26H32N4OS2/c31-25(29-14-5-2-6-15-29)21-10-7-9-20(17-21)19-33-26-28-27-24(18-23-13-8-16-32-23)30(26)22-11-3-1-4-12-22/h7-10,13,16-17,22H,1-6,11-12,14-15,18-19H2. The molecule has 3 heterocycles. The second-order valence-electron chi connectivity index (χ2n) is 9.16. The fourth-order valence-corrected chi connectivity index (χ4v) is 6.69. The van der Waals surface area contributed by atoms with Crippen LogP contribution in [0.4, 0.5) is 0 Å². The van der Waals surface area contributed by atoms with Gasteiger partial charge in [0.2, 0.25) is 0 Å². The maximum absolute atomic E-state index is 12.9. The van der Waals surface area contributed by atoms with Gasteiger partial charge in [-0.3, -0.25) is 4.79 Å². The van der Waals surface area contributed by atoms with Crippen LogP contribution in [0.5, 0.6) is 0 Å². The monoisotopic (exact) mass is 480 g/mol. The molecule has 3 aromatic rings. The summed E-state index contributed by atoms with van der Waals surface area (Å²) in [5.74, 6) is 2.05. The summed E-state index contributed by atoms with van der Waals surface area (Å²) in [6.07, 6.45) is 10.6. The van der Waals surface area contributed by atoms with Gasteiger partial charge in [-0.05, 0) is 61.2 Å². The van der Waals surface area contributed by atoms with Gasteiger partial charge >= 0.3 is 0 Å². The third-order valence-corrected chi connectivity index (χ3v) is 8.66. The summed E-state index contributed by atoms with van der Waals surface area (Å²) in [6.45, 7) is 1.77. The molecule has 0 spiro atoms. The van der Waals surface area contributed by atoms with Crippen LogP contribution in [0.2, 0.25) is 0 Å². The lowest BCUT2D eigenvalue weighted by atomic mass is 9.95. The zero-order valence-electron chi connectivity index (χ0n) is 19.1. The Morgan fingerprint density at radius 1 is 1.00 bits per heavy atom. The van der Waals surface area contributed by atoms with Crippen LogP contribution in [0.25, 0.3) is 0 Å². The van der Waals surface area contributed by atoms with Crippen molar-refractivity contribution in [3.63, 3.8) is 0 Å². The Hall–Kier alpha value is -2.12. The molecule has 0 bridgehead atoms. The summed E-state index contributed by atoms with van der Waals surface area (Å²) < 4.78 is 2.42. The highest BCUT2D eigenvalue weighted by Crippen LogP contribution is 2.34. The Balaban J connectivity index is 1.32. The Kier molecular flexibility index (Phi) is 7.47. The van der Waals surface area contributed by atoms with Crippen LogP contribution in [-0.2, 0) is 12.2 Å². The van der Waals surface area contributed by atoms with E-state index < -0.39 is 0 Å². The van der Waals surface area contributed by atoms with Gasteiger partial charge in [-0.15, -0.1) is 21.5 Å². The number of likely N-dealkylation sites (tertiary alicyclic amines) is 1. The molecule has 1 aromatic carbocycles. The molecular weight excluding hydrogens is 448 g/mol. The number of piperidine rings is 1. The number of carbonyl (C=O) groups excluding carboxylic acids is 1. The van der Waals surface area contributed by atoms with E-state index in [-0.39, 0.29) is 5.91 Å². The number of amides is 1. The molecule has 1 aliphatic heterocycles. The number of nitrogens with zero attached hydrogens (tertiary/aromatic N) is 4. The first kappa shape index (κ1) is 22.7. The van der Waals surface area contributed by atoms with Gasteiger partial charge in [-0.25, -0.2) is 0 Å². The number of thioether (sulfide) groups is 1. The molecule has 0 N–H and O–H groups in total. The van der Waals surface area contributed by atoms with Crippen molar-refractivity contribution in [3.8, 4) is 0 Å². The third-order valence-electron chi connectivity index (χ3n) is 6.77. The topological polar surface area (TPSA) is 51.0 Å². The van der Waals surface area contributed by atoms with E-state index in [0.29, 0.717) is 6.04 Å². The second-order valence-corrected chi connectivity index (χ2v) is 11.1. The summed E-state index contributed by atoms with van der Waals surface area (Å²) in [5, 5.41) is 12.4. The van der Waals surface area contributed by atoms with Crippen LogP contribution < -0.4 is 0 Å². The van der Waals surface area contributed by atoms with Crippen LogP contribution in [0.1, 0.15) is 84.0 Å². The molecule has 2 aromatic heterocycles. The summed E-state index contributed by atoms with van der Waals surface area (Å²) in [4.78, 5) is 16.3. The van der Waals surface area contributed by atoms with E-state index in [2.05, 4.69) is 44.4 Å². The van der Waals surface area contributed by atoms with Gasteiger partial charge in [-0.1, -0.05) is 49.2 Å². The first-order valence-electron chi connectivity index (χ1n) is 12.2. The fraction of sp³-hybridized carbons (Fsp3) is 0.500. The Bertz CT molecular complexity index is 1050. The molecule has 5 nitrogen and oxygen atoms in total. The van der Waals surface area contributed by atoms with Gasteiger partial charge in [0.25, 0.3) is 5.91 Å². The van der Waals surface area contributed by atoms with Crippen molar-refractivity contribution in [2.24, 2.45) is 0 Å². The molecule has 33 heavy (non-hydrogen) atoms. The van der Waals surface area contributed by atoms with E-state index in [1.54, 1.807) is 23.1 Å². The Labute approximate surface area is 204 Å². The van der Waals surface area contributed by atoms with Crippen molar-refractivity contribution < 1.29 is 4.79 Å². The lowest BCUT2D eigenvalue weighted by Crippen LogP contribution is -2.35. The largest absolute Gasteiger partial charge is 0.339 e. The quantitative estimate of drug-likeness (QED) is 0.370. The predicted molar refractivity (Wildman–Crippen MR) is 135 cm³/mol. The van der Waals surface area contributed by atoms with E-state index >= 15 is 0 Å². The highest BCUT2D eigenvalue weighted by molar-refractivity contribution is 7.98. The van der Waals surface area contributed by atoms with Gasteiger partial charge in [-0.2, -0.15) is 0 Å². The molecule has 2 fully saturated rings. The van der Waals surface area contributed by atoms with Crippen molar-refractivity contribution in [3.05, 3.63) is 63.6 Å². The molecule has 1 saturated carbocycles. The average molecular weight is 481 g/mol. The van der Waals surface area contributed by atoms with Crippen LogP contribution in [0.3, 0.4) is 0 Å². The summed E-state index contributed by atoms with van der Waals surface area (Å²) >= 11 is 3.54. The van der Waals surface area contributed by atoms with Crippen LogP contribution >= 0.6 is 23.1 Å². The molecule has 2 aliphatic rings. The number of hydrogen-bond donors (Lipinski definition) is 0. The minimum Gasteiger partial charge on any atom is -0.339 e. The van der Waals surface area contributed by atoms with E-state index in [0.717, 1.165) is 54.6 Å². The van der Waals surface area contributed by atoms with E-state index in [1.165, 1.54) is 49.0 Å². The molecule has 174 valence electrons. The molecule has 0 unspecified atom stereocenters. The van der Waals surface area contributed by atoms with Gasteiger partial charge in [0.05, 0.1) is 0 Å². The maximum atomic E-state index is 12.9. The zero-order valence-corrected chi connectivity index (χ0v) is 20.8. The van der Waals surface area contributed by atoms with Crippen molar-refractivity contribution in [1.29, 1.82) is 0 Å². The minimum absolute atomic E-state index is 0.171. The lowest BCUT2D eigenvalue weighted by molar-refractivity contribution is 0.0724. The average Bonchev–Trinajstić information content (AvgIpc) is 3.54. The summed E-state index contributed by atoms with van der Waals surface area (Å²) in [5.41, 5.74) is 1.97. The third kappa shape index (κ3) is 5.52. The molecule has 5 rings (SSSR count). The van der Waals surface area contributed by atoms with Crippen molar-refractivity contribution in [1.82, 2.24) is 19.7 Å². The van der Waals surface area contributed by atoms with Crippen molar-refractivity contribution >= 4 is 29.0 Å². The molecule has 1 amide bonds. The smallest absolute Gasteiger partial charge is 0.253 e.